The second-order valence-corrected chi connectivity index (χ2v) is 5.57. The van der Waals surface area contributed by atoms with E-state index in [4.69, 9.17) is 28.4 Å². The van der Waals surface area contributed by atoms with E-state index >= 15 is 0 Å². The highest BCUT2D eigenvalue weighted by atomic mass is 16.6. The van der Waals surface area contributed by atoms with Crippen LogP contribution in [0.4, 0.5) is 0 Å². The first kappa shape index (κ1) is 21.8. The summed E-state index contributed by atoms with van der Waals surface area (Å²) in [6.07, 6.45) is 0. The van der Waals surface area contributed by atoms with Crippen LogP contribution in [0.3, 0.4) is 0 Å². The third-order valence-corrected chi connectivity index (χ3v) is 3.27. The molecule has 0 aliphatic rings. The maximum absolute atomic E-state index is 12.1. The van der Waals surface area contributed by atoms with Crippen LogP contribution in [0.2, 0.25) is 0 Å². The molecule has 0 rings (SSSR count). The molecule has 0 aromatic rings. The van der Waals surface area contributed by atoms with E-state index in [-0.39, 0.29) is 33.0 Å². The minimum Gasteiger partial charge on any atom is -0.462 e. The van der Waals surface area contributed by atoms with Crippen LogP contribution < -0.4 is 0 Å². The molecule has 0 spiro atoms. The lowest BCUT2D eigenvalue weighted by molar-refractivity contribution is -0.177. The van der Waals surface area contributed by atoms with Crippen molar-refractivity contribution in [3.63, 3.8) is 0 Å². The van der Waals surface area contributed by atoms with Crippen molar-refractivity contribution in [1.29, 1.82) is 0 Å². The predicted octanol–water partition coefficient (Wildman–Crippen LogP) is 0.423. The van der Waals surface area contributed by atoms with Gasteiger partial charge in [-0.05, 0) is 13.8 Å². The Kier molecular flexibility index (Phi) is 9.98. The summed E-state index contributed by atoms with van der Waals surface area (Å²) in [4.78, 5) is 24.0. The molecule has 0 aliphatic heterocycles. The summed E-state index contributed by atoms with van der Waals surface area (Å²) in [5, 5.41) is 0. The van der Waals surface area contributed by atoms with Gasteiger partial charge >= 0.3 is 11.9 Å². The van der Waals surface area contributed by atoms with Crippen molar-refractivity contribution in [3.05, 3.63) is 0 Å². The summed E-state index contributed by atoms with van der Waals surface area (Å²) >= 11 is 0. The molecule has 8 heteroatoms. The number of carbonyl (C=O) groups excluding carboxylic acids is 2. The monoisotopic (exact) mass is 336 g/mol. The lowest BCUT2D eigenvalue weighted by Gasteiger charge is -2.26. The third kappa shape index (κ3) is 6.82. The number of carbonyl (C=O) groups is 2. The zero-order valence-corrected chi connectivity index (χ0v) is 14.8. The van der Waals surface area contributed by atoms with Gasteiger partial charge in [0.1, 0.15) is 18.6 Å². The normalized spacial score (nSPS) is 14.2. The lowest BCUT2D eigenvalue weighted by Crippen LogP contribution is -2.44. The van der Waals surface area contributed by atoms with E-state index in [1.165, 1.54) is 28.4 Å². The van der Waals surface area contributed by atoms with Crippen LogP contribution in [-0.4, -0.2) is 79.0 Å². The fraction of sp³-hybridized carbons (Fsp3) is 0.867. The Hall–Kier alpha value is -1.22. The zero-order valence-electron chi connectivity index (χ0n) is 14.8. The van der Waals surface area contributed by atoms with Crippen molar-refractivity contribution in [2.24, 2.45) is 5.41 Å². The van der Waals surface area contributed by atoms with Gasteiger partial charge in [0.15, 0.2) is 5.60 Å². The van der Waals surface area contributed by atoms with Crippen molar-refractivity contribution < 1.29 is 38.0 Å². The van der Waals surface area contributed by atoms with E-state index in [2.05, 4.69) is 0 Å². The van der Waals surface area contributed by atoms with Crippen LogP contribution in [0.1, 0.15) is 13.8 Å². The van der Waals surface area contributed by atoms with Crippen molar-refractivity contribution in [3.8, 4) is 0 Å². The lowest BCUT2D eigenvalue weighted by atomic mass is 9.93. The van der Waals surface area contributed by atoms with E-state index < -0.39 is 23.0 Å². The largest absolute Gasteiger partial charge is 0.462 e. The summed E-state index contributed by atoms with van der Waals surface area (Å²) in [7, 11) is 5.83. The molecule has 0 heterocycles. The maximum Gasteiger partial charge on any atom is 0.340 e. The highest BCUT2D eigenvalue weighted by Gasteiger charge is 2.36. The van der Waals surface area contributed by atoms with Gasteiger partial charge in [-0.3, -0.25) is 4.79 Å². The number of methoxy groups -OCH3 is 4. The molecule has 0 saturated heterocycles. The summed E-state index contributed by atoms with van der Waals surface area (Å²) in [6, 6.07) is 0. The van der Waals surface area contributed by atoms with Gasteiger partial charge < -0.3 is 28.4 Å². The number of hydrogen-bond donors (Lipinski definition) is 0. The van der Waals surface area contributed by atoms with Crippen LogP contribution in [0.5, 0.6) is 0 Å². The molecule has 1 atom stereocenters. The van der Waals surface area contributed by atoms with Crippen molar-refractivity contribution in [2.45, 2.75) is 19.4 Å². The van der Waals surface area contributed by atoms with Crippen LogP contribution in [0.25, 0.3) is 0 Å². The van der Waals surface area contributed by atoms with Gasteiger partial charge in [0.2, 0.25) is 0 Å². The summed E-state index contributed by atoms with van der Waals surface area (Å²) in [6.45, 7) is 3.46. The molecule has 0 amide bonds. The third-order valence-electron chi connectivity index (χ3n) is 3.27. The smallest absolute Gasteiger partial charge is 0.340 e. The minimum atomic E-state index is -1.20. The van der Waals surface area contributed by atoms with Gasteiger partial charge in [-0.15, -0.1) is 0 Å². The van der Waals surface area contributed by atoms with Gasteiger partial charge in [-0.2, -0.15) is 0 Å². The van der Waals surface area contributed by atoms with Crippen LogP contribution in [0, 0.1) is 5.41 Å². The minimum absolute atomic E-state index is 0.0574. The Labute approximate surface area is 137 Å². The van der Waals surface area contributed by atoms with E-state index in [0.29, 0.717) is 0 Å². The van der Waals surface area contributed by atoms with E-state index in [1.807, 2.05) is 0 Å². The fourth-order valence-electron chi connectivity index (χ4n) is 1.87. The number of esters is 2. The number of rotatable bonds is 12. The highest BCUT2D eigenvalue weighted by Crippen LogP contribution is 2.19. The second kappa shape index (κ2) is 10.5. The number of ether oxygens (including phenoxy) is 6. The average Bonchev–Trinajstić information content (AvgIpc) is 2.51. The Bertz CT molecular complexity index is 364. The Balaban J connectivity index is 4.34. The molecular formula is C15H28O8. The van der Waals surface area contributed by atoms with Crippen molar-refractivity contribution in [1.82, 2.24) is 0 Å². The van der Waals surface area contributed by atoms with Gasteiger partial charge in [-0.1, -0.05) is 0 Å². The van der Waals surface area contributed by atoms with Crippen LogP contribution in [0.15, 0.2) is 0 Å². The van der Waals surface area contributed by atoms with Crippen LogP contribution in [-0.2, 0) is 38.0 Å². The molecule has 1 unspecified atom stereocenters. The number of hydrogen-bond acceptors (Lipinski definition) is 8. The van der Waals surface area contributed by atoms with Gasteiger partial charge in [0.05, 0.1) is 19.8 Å². The Morgan fingerprint density at radius 1 is 0.739 bits per heavy atom. The Morgan fingerprint density at radius 2 is 1.17 bits per heavy atom. The molecular weight excluding hydrogens is 308 g/mol. The molecule has 8 nitrogen and oxygen atoms in total. The fourth-order valence-corrected chi connectivity index (χ4v) is 1.87. The average molecular weight is 336 g/mol. The topological polar surface area (TPSA) is 89.5 Å². The molecule has 0 fully saturated rings. The first-order valence-corrected chi connectivity index (χ1v) is 7.16. The molecule has 23 heavy (non-hydrogen) atoms. The summed E-state index contributed by atoms with van der Waals surface area (Å²) in [5.74, 6) is -1.07. The first-order chi connectivity index (χ1) is 10.8. The van der Waals surface area contributed by atoms with E-state index in [0.717, 1.165) is 0 Å². The summed E-state index contributed by atoms with van der Waals surface area (Å²) < 4.78 is 30.2. The molecule has 136 valence electrons. The van der Waals surface area contributed by atoms with E-state index in [1.54, 1.807) is 13.8 Å². The predicted molar refractivity (Wildman–Crippen MR) is 81.1 cm³/mol. The standard InChI is InChI=1S/C15H28O8/c1-14(9-18-3,10-19-4)12(16)22-7-8-23-13(17)15(2,21-6)11-20-5/h7-11H2,1-6H3. The van der Waals surface area contributed by atoms with Crippen molar-refractivity contribution in [2.75, 3.05) is 61.5 Å². The quantitative estimate of drug-likeness (QED) is 0.374. The molecule has 0 bridgehead atoms. The second-order valence-electron chi connectivity index (χ2n) is 5.57. The van der Waals surface area contributed by atoms with Crippen LogP contribution >= 0.6 is 0 Å². The highest BCUT2D eigenvalue weighted by molar-refractivity contribution is 5.79. The molecule has 0 aromatic heterocycles. The van der Waals surface area contributed by atoms with E-state index in [9.17, 15) is 9.59 Å². The molecule has 0 aliphatic carbocycles. The molecule has 0 N–H and O–H groups in total. The SMILES string of the molecule is COCC(C)(COC)C(=O)OCCOC(=O)C(C)(COC)OC. The Morgan fingerprint density at radius 3 is 1.57 bits per heavy atom. The van der Waals surface area contributed by atoms with Gasteiger partial charge in [-0.25, -0.2) is 4.79 Å². The molecule has 0 saturated carbocycles. The molecule has 0 aromatic carbocycles. The van der Waals surface area contributed by atoms with Gasteiger partial charge in [0, 0.05) is 28.4 Å². The maximum atomic E-state index is 12.1. The van der Waals surface area contributed by atoms with Crippen molar-refractivity contribution >= 4 is 11.9 Å². The molecule has 0 radical (unpaired) electrons. The first-order valence-electron chi connectivity index (χ1n) is 7.16. The van der Waals surface area contributed by atoms with Gasteiger partial charge in [0.25, 0.3) is 0 Å². The summed E-state index contributed by atoms with van der Waals surface area (Å²) in [5.41, 5.74) is -2.11. The zero-order chi connectivity index (χ0) is 17.9.